The quantitative estimate of drug-likeness (QED) is 0.562. The predicted octanol–water partition coefficient (Wildman–Crippen LogP) is 3.23. The fourth-order valence-electron chi connectivity index (χ4n) is 2.28. The normalized spacial score (nSPS) is 12.0. The molecule has 0 fully saturated rings. The van der Waals surface area contributed by atoms with Gasteiger partial charge in [0.05, 0.1) is 5.56 Å². The van der Waals surface area contributed by atoms with Crippen molar-refractivity contribution in [1.29, 1.82) is 0 Å². The van der Waals surface area contributed by atoms with Crippen molar-refractivity contribution in [2.24, 2.45) is 0 Å². The molecule has 2 aromatic rings. The van der Waals surface area contributed by atoms with Gasteiger partial charge in [0.1, 0.15) is 18.5 Å². The molecule has 0 saturated heterocycles. The highest BCUT2D eigenvalue weighted by atomic mass is 19.4. The molecule has 0 aliphatic heterocycles. The van der Waals surface area contributed by atoms with E-state index in [1.807, 2.05) is 0 Å². The molecule has 0 aliphatic rings. The summed E-state index contributed by atoms with van der Waals surface area (Å²) in [5, 5.41) is 17.4. The average Bonchev–Trinajstić information content (AvgIpc) is 2.64. The Morgan fingerprint density at radius 2 is 1.72 bits per heavy atom. The minimum Gasteiger partial charge on any atom is -0.491 e. The van der Waals surface area contributed by atoms with E-state index in [1.165, 1.54) is 19.1 Å². The summed E-state index contributed by atoms with van der Waals surface area (Å²) in [5.74, 6) is -0.298. The van der Waals surface area contributed by atoms with Crippen LogP contribution >= 0.6 is 0 Å². The molecule has 0 spiro atoms. The fraction of sp³-hybridized carbons (Fsp3) is 0.263. The fourth-order valence-corrected chi connectivity index (χ4v) is 2.28. The van der Waals surface area contributed by atoms with Crippen LogP contribution in [0.3, 0.4) is 0 Å². The van der Waals surface area contributed by atoms with Crippen molar-refractivity contribution in [3.63, 3.8) is 0 Å². The van der Waals surface area contributed by atoms with E-state index in [9.17, 15) is 27.9 Å². The van der Waals surface area contributed by atoms with Crippen LogP contribution in [0.1, 0.15) is 12.5 Å². The first-order valence-electron chi connectivity index (χ1n) is 8.54. The average molecular weight is 411 g/mol. The van der Waals surface area contributed by atoms with Gasteiger partial charge in [-0.15, -0.1) is 0 Å². The number of amides is 3. The molecular formula is C19H20F3N3O4. The summed E-state index contributed by atoms with van der Waals surface area (Å²) < 4.78 is 43.1. The minimum absolute atomic E-state index is 0.0434. The number of ether oxygens (including phenoxy) is 1. The molecule has 0 saturated carbocycles. The summed E-state index contributed by atoms with van der Waals surface area (Å²) >= 11 is 0. The second kappa shape index (κ2) is 9.78. The van der Waals surface area contributed by atoms with Gasteiger partial charge in [-0.3, -0.25) is 4.79 Å². The molecule has 2 aromatic carbocycles. The molecule has 0 aliphatic carbocycles. The Hall–Kier alpha value is -3.27. The highest BCUT2D eigenvalue weighted by molar-refractivity contribution is 5.92. The third-order valence-corrected chi connectivity index (χ3v) is 3.54. The van der Waals surface area contributed by atoms with Gasteiger partial charge in [-0.05, 0) is 36.4 Å². The third kappa shape index (κ3) is 7.70. The van der Waals surface area contributed by atoms with Gasteiger partial charge in [0.15, 0.2) is 0 Å². The highest BCUT2D eigenvalue weighted by Crippen LogP contribution is 2.31. The maximum atomic E-state index is 12.7. The van der Waals surface area contributed by atoms with Gasteiger partial charge in [0, 0.05) is 24.8 Å². The smallest absolute Gasteiger partial charge is 0.416 e. The minimum atomic E-state index is -4.49. The van der Waals surface area contributed by atoms with E-state index in [0.717, 1.165) is 12.1 Å². The van der Waals surface area contributed by atoms with E-state index in [1.54, 1.807) is 24.3 Å². The summed E-state index contributed by atoms with van der Waals surface area (Å²) in [6.07, 6.45) is -5.63. The van der Waals surface area contributed by atoms with Gasteiger partial charge in [-0.2, -0.15) is 13.2 Å². The van der Waals surface area contributed by atoms with Gasteiger partial charge < -0.3 is 25.8 Å². The lowest BCUT2D eigenvalue weighted by Crippen LogP contribution is -2.37. The van der Waals surface area contributed by atoms with Crippen LogP contribution in [0.15, 0.2) is 48.5 Å². The van der Waals surface area contributed by atoms with Crippen LogP contribution in [0.5, 0.6) is 5.75 Å². The van der Waals surface area contributed by atoms with Crippen molar-refractivity contribution in [2.45, 2.75) is 19.2 Å². The van der Waals surface area contributed by atoms with Crippen LogP contribution in [0.4, 0.5) is 29.3 Å². The molecule has 10 heteroatoms. The van der Waals surface area contributed by atoms with Crippen molar-refractivity contribution in [1.82, 2.24) is 5.32 Å². The van der Waals surface area contributed by atoms with E-state index in [4.69, 9.17) is 4.74 Å². The lowest BCUT2D eigenvalue weighted by molar-refractivity contribution is -0.137. The van der Waals surface area contributed by atoms with Crippen molar-refractivity contribution in [2.75, 3.05) is 23.8 Å². The summed E-state index contributed by atoms with van der Waals surface area (Å²) in [6, 6.07) is 10.1. The molecule has 0 aromatic heterocycles. The number of benzene rings is 2. The molecule has 7 nitrogen and oxygen atoms in total. The molecule has 156 valence electrons. The van der Waals surface area contributed by atoms with Crippen LogP contribution in [0, 0.1) is 0 Å². The predicted molar refractivity (Wildman–Crippen MR) is 101 cm³/mol. The molecule has 1 unspecified atom stereocenters. The number of halogens is 3. The molecule has 4 N–H and O–H groups in total. The van der Waals surface area contributed by atoms with Crippen LogP contribution in [-0.2, 0) is 11.0 Å². The number of carbonyl (C=O) groups excluding carboxylic acids is 2. The Labute approximate surface area is 164 Å². The number of aliphatic hydroxyl groups excluding tert-OH is 1. The molecule has 29 heavy (non-hydrogen) atoms. The van der Waals surface area contributed by atoms with Crippen LogP contribution in [-0.4, -0.2) is 36.3 Å². The van der Waals surface area contributed by atoms with Crippen molar-refractivity contribution >= 4 is 23.3 Å². The first-order chi connectivity index (χ1) is 13.6. The summed E-state index contributed by atoms with van der Waals surface area (Å²) in [4.78, 5) is 22.9. The number of hydrogen-bond donors (Lipinski definition) is 4. The topological polar surface area (TPSA) is 99.7 Å². The Morgan fingerprint density at radius 1 is 1.07 bits per heavy atom. The maximum Gasteiger partial charge on any atom is 0.416 e. The molecule has 0 radical (unpaired) electrons. The van der Waals surface area contributed by atoms with E-state index in [2.05, 4.69) is 16.0 Å². The van der Waals surface area contributed by atoms with Gasteiger partial charge in [-0.1, -0.05) is 12.1 Å². The van der Waals surface area contributed by atoms with Gasteiger partial charge >= 0.3 is 12.2 Å². The van der Waals surface area contributed by atoms with Crippen molar-refractivity contribution < 1.29 is 32.6 Å². The Balaban J connectivity index is 1.78. The Morgan fingerprint density at radius 3 is 2.38 bits per heavy atom. The number of anilines is 2. The SMILES string of the molecule is CC(=O)Nc1cccc(NC(=O)NCC(O)COc2cccc(C(F)(F)F)c2)c1. The van der Waals surface area contributed by atoms with E-state index in [-0.39, 0.29) is 24.8 Å². The maximum absolute atomic E-state index is 12.7. The molecule has 1 atom stereocenters. The summed E-state index contributed by atoms with van der Waals surface area (Å²) in [6.45, 7) is 0.866. The molecule has 0 heterocycles. The largest absolute Gasteiger partial charge is 0.491 e. The number of alkyl halides is 3. The number of rotatable bonds is 7. The second-order valence-corrected chi connectivity index (χ2v) is 6.09. The summed E-state index contributed by atoms with van der Waals surface area (Å²) in [5.41, 5.74) is 0.0664. The monoisotopic (exact) mass is 411 g/mol. The van der Waals surface area contributed by atoms with Crippen LogP contribution < -0.4 is 20.7 Å². The van der Waals surface area contributed by atoms with Crippen molar-refractivity contribution in [3.8, 4) is 5.75 Å². The Kier molecular flexibility index (Phi) is 7.43. The first kappa shape index (κ1) is 22.0. The zero-order chi connectivity index (χ0) is 21.4. The number of urea groups is 1. The second-order valence-electron chi connectivity index (χ2n) is 6.09. The lowest BCUT2D eigenvalue weighted by Gasteiger charge is -2.15. The summed E-state index contributed by atoms with van der Waals surface area (Å²) in [7, 11) is 0. The van der Waals surface area contributed by atoms with Crippen molar-refractivity contribution in [3.05, 3.63) is 54.1 Å². The van der Waals surface area contributed by atoms with Gasteiger partial charge in [0.2, 0.25) is 5.91 Å². The van der Waals surface area contributed by atoms with Crippen LogP contribution in [0.2, 0.25) is 0 Å². The first-order valence-corrected chi connectivity index (χ1v) is 8.54. The van der Waals surface area contributed by atoms with Gasteiger partial charge in [-0.25, -0.2) is 4.79 Å². The van der Waals surface area contributed by atoms with Gasteiger partial charge in [0.25, 0.3) is 0 Å². The number of aliphatic hydroxyl groups is 1. The van der Waals surface area contributed by atoms with E-state index < -0.39 is 23.9 Å². The zero-order valence-electron chi connectivity index (χ0n) is 15.4. The number of nitrogens with one attached hydrogen (secondary N) is 3. The zero-order valence-corrected chi connectivity index (χ0v) is 15.4. The van der Waals surface area contributed by atoms with E-state index >= 15 is 0 Å². The third-order valence-electron chi connectivity index (χ3n) is 3.54. The number of hydrogen-bond acceptors (Lipinski definition) is 4. The Bertz CT molecular complexity index is 859. The molecule has 3 amide bonds. The number of carbonyl (C=O) groups is 2. The molecule has 0 bridgehead atoms. The highest BCUT2D eigenvalue weighted by Gasteiger charge is 2.30. The molecular weight excluding hydrogens is 391 g/mol. The van der Waals surface area contributed by atoms with Crippen LogP contribution in [0.25, 0.3) is 0 Å². The lowest BCUT2D eigenvalue weighted by atomic mass is 10.2. The standard InChI is InChI=1S/C19H20F3N3O4/c1-12(26)24-14-5-3-6-15(9-14)25-18(28)23-10-16(27)11-29-17-7-2-4-13(8-17)19(20,21)22/h2-9,16,27H,10-11H2,1H3,(H,24,26)(H2,23,25,28). The molecule has 2 rings (SSSR count). The van der Waals surface area contributed by atoms with E-state index in [0.29, 0.717) is 11.4 Å².